The maximum atomic E-state index is 11.7. The fraction of sp³-hybridized carbons (Fsp3) is 0.333. The number of rotatable bonds is 8. The molecule has 1 N–H and O–H groups in total. The molecule has 0 unspecified atom stereocenters. The summed E-state index contributed by atoms with van der Waals surface area (Å²) in [4.78, 5) is 20.3. The van der Waals surface area contributed by atoms with Gasteiger partial charge in [0, 0.05) is 54.8 Å². The third-order valence-corrected chi connectivity index (χ3v) is 7.52. The Morgan fingerprint density at radius 3 is 2.59 bits per heavy atom. The van der Waals surface area contributed by atoms with Crippen LogP contribution in [0.3, 0.4) is 0 Å². The van der Waals surface area contributed by atoms with Gasteiger partial charge in [0.1, 0.15) is 27.2 Å². The minimum Gasteiger partial charge on any atom is -0.481 e. The first-order valence-corrected chi connectivity index (χ1v) is 14.2. The number of anilines is 3. The Morgan fingerprint density at radius 1 is 1.05 bits per heavy atom. The van der Waals surface area contributed by atoms with Crippen molar-refractivity contribution in [2.24, 2.45) is 5.92 Å². The molecule has 1 aliphatic heterocycles. The maximum Gasteiger partial charge on any atom is 0.213 e. The molecule has 4 heterocycles. The van der Waals surface area contributed by atoms with Crippen LogP contribution in [0.5, 0.6) is 5.88 Å². The summed E-state index contributed by atoms with van der Waals surface area (Å²) in [6.07, 6.45) is 4.87. The van der Waals surface area contributed by atoms with Gasteiger partial charge in [-0.05, 0) is 41.1 Å². The Morgan fingerprint density at radius 2 is 1.86 bits per heavy atom. The average molecular weight is 519 g/mol. The molecule has 4 aromatic rings. The molecule has 0 spiro atoms. The highest BCUT2D eigenvalue weighted by atomic mass is 32.2. The molecule has 0 amide bonds. The van der Waals surface area contributed by atoms with Gasteiger partial charge in [-0.1, -0.05) is 26.0 Å². The molecule has 5 rings (SSSR count). The van der Waals surface area contributed by atoms with Crippen LogP contribution in [-0.4, -0.2) is 60.6 Å². The van der Waals surface area contributed by atoms with E-state index in [0.717, 1.165) is 29.5 Å². The molecule has 0 atom stereocenters. The van der Waals surface area contributed by atoms with E-state index in [9.17, 15) is 8.42 Å². The van der Waals surface area contributed by atoms with Gasteiger partial charge < -0.3 is 15.0 Å². The van der Waals surface area contributed by atoms with Crippen LogP contribution in [0.15, 0.2) is 54.9 Å². The van der Waals surface area contributed by atoms with Crippen LogP contribution in [0.25, 0.3) is 22.3 Å². The van der Waals surface area contributed by atoms with Crippen molar-refractivity contribution in [3.05, 3.63) is 60.4 Å². The second-order valence-electron chi connectivity index (χ2n) is 9.76. The van der Waals surface area contributed by atoms with Gasteiger partial charge in [-0.15, -0.1) is 0 Å². The van der Waals surface area contributed by atoms with E-state index in [0.29, 0.717) is 35.0 Å². The van der Waals surface area contributed by atoms with E-state index in [4.69, 9.17) is 4.74 Å². The van der Waals surface area contributed by atoms with Crippen LogP contribution in [0, 0.1) is 5.92 Å². The molecular formula is C27H30N6O3S. The molecule has 9 nitrogen and oxygen atoms in total. The summed E-state index contributed by atoms with van der Waals surface area (Å²) >= 11 is 0. The predicted octanol–water partition coefficient (Wildman–Crippen LogP) is 4.44. The molecule has 1 fully saturated rings. The second-order valence-corrected chi connectivity index (χ2v) is 11.9. The Balaban J connectivity index is 1.43. The number of nitrogens with zero attached hydrogens (tertiary/aromatic N) is 5. The molecule has 1 saturated heterocycles. The monoisotopic (exact) mass is 518 g/mol. The zero-order valence-corrected chi connectivity index (χ0v) is 22.2. The highest BCUT2D eigenvalue weighted by Crippen LogP contribution is 2.37. The lowest BCUT2D eigenvalue weighted by Gasteiger charge is -2.41. The minimum atomic E-state index is -2.98. The Kier molecular flexibility index (Phi) is 6.68. The van der Waals surface area contributed by atoms with Gasteiger partial charge in [0.2, 0.25) is 5.88 Å². The molecule has 0 bridgehead atoms. The molecule has 3 aromatic heterocycles. The standard InChI is InChI=1S/C27H30N6O3S/c1-17(2)19-8-9-23(33-14-18(15-33)16-37(4,34)35)21-13-29-25(12-20(19)21)31-24-10-11-28-27(32-24)22-6-5-7-26(30-22)36-3/h5-13,17-18H,14-16H2,1-4H3,(H,28,29,31,32). The van der Waals surface area contributed by atoms with E-state index in [1.54, 1.807) is 25.4 Å². The number of benzene rings is 1. The smallest absolute Gasteiger partial charge is 0.213 e. The van der Waals surface area contributed by atoms with Gasteiger partial charge in [-0.25, -0.2) is 28.4 Å². The third-order valence-electron chi connectivity index (χ3n) is 6.44. The van der Waals surface area contributed by atoms with Crippen molar-refractivity contribution < 1.29 is 13.2 Å². The molecule has 0 radical (unpaired) electrons. The molecule has 1 aromatic carbocycles. The Bertz CT molecular complexity index is 1550. The summed E-state index contributed by atoms with van der Waals surface area (Å²) < 4.78 is 28.6. The first-order valence-electron chi connectivity index (χ1n) is 12.2. The summed E-state index contributed by atoms with van der Waals surface area (Å²) in [6, 6.07) is 13.6. The SMILES string of the molecule is COc1cccc(-c2nccc(Nc3cc4c(C(C)C)ccc(N5CC(CS(C)(=O)=O)C5)c4cn3)n2)n1. The predicted molar refractivity (Wildman–Crippen MR) is 146 cm³/mol. The zero-order chi connectivity index (χ0) is 26.2. The number of methoxy groups -OCH3 is 1. The first kappa shape index (κ1) is 24.9. The lowest BCUT2D eigenvalue weighted by atomic mass is 9.93. The fourth-order valence-corrected chi connectivity index (χ4v) is 5.80. The number of hydrogen-bond acceptors (Lipinski definition) is 9. The summed E-state index contributed by atoms with van der Waals surface area (Å²) in [6.45, 7) is 5.80. The van der Waals surface area contributed by atoms with Crippen molar-refractivity contribution in [2.75, 3.05) is 42.4 Å². The second kappa shape index (κ2) is 9.93. The molecule has 10 heteroatoms. The molecule has 1 aliphatic rings. The number of nitrogens with one attached hydrogen (secondary N) is 1. The summed E-state index contributed by atoms with van der Waals surface area (Å²) in [5.74, 6) is 2.97. The van der Waals surface area contributed by atoms with Gasteiger partial charge in [-0.2, -0.15) is 0 Å². The zero-order valence-electron chi connectivity index (χ0n) is 21.3. The van der Waals surface area contributed by atoms with Crippen LogP contribution in [0.1, 0.15) is 25.3 Å². The van der Waals surface area contributed by atoms with E-state index in [1.807, 2.05) is 24.4 Å². The lowest BCUT2D eigenvalue weighted by Crippen LogP contribution is -2.49. The van der Waals surface area contributed by atoms with E-state index in [2.05, 4.69) is 56.1 Å². The quantitative estimate of drug-likeness (QED) is 0.362. The minimum absolute atomic E-state index is 0.162. The number of aromatic nitrogens is 4. The van der Waals surface area contributed by atoms with Crippen molar-refractivity contribution in [3.63, 3.8) is 0 Å². The van der Waals surface area contributed by atoms with Crippen LogP contribution < -0.4 is 15.0 Å². The Labute approximate surface area is 216 Å². The average Bonchev–Trinajstić information content (AvgIpc) is 2.85. The van der Waals surface area contributed by atoms with Crippen molar-refractivity contribution in [1.82, 2.24) is 19.9 Å². The number of hydrogen-bond donors (Lipinski definition) is 1. The third kappa shape index (κ3) is 5.48. The lowest BCUT2D eigenvalue weighted by molar-refractivity contribution is 0.398. The van der Waals surface area contributed by atoms with Crippen molar-refractivity contribution in [2.45, 2.75) is 19.8 Å². The molecule has 0 aliphatic carbocycles. The summed E-state index contributed by atoms with van der Waals surface area (Å²) in [5.41, 5.74) is 2.92. The molecular weight excluding hydrogens is 488 g/mol. The van der Waals surface area contributed by atoms with Crippen molar-refractivity contribution in [1.29, 1.82) is 0 Å². The molecule has 37 heavy (non-hydrogen) atoms. The van der Waals surface area contributed by atoms with E-state index < -0.39 is 9.84 Å². The maximum absolute atomic E-state index is 11.7. The number of pyridine rings is 2. The molecule has 0 saturated carbocycles. The van der Waals surface area contributed by atoms with E-state index in [1.165, 1.54) is 11.8 Å². The van der Waals surface area contributed by atoms with E-state index >= 15 is 0 Å². The van der Waals surface area contributed by atoms with Gasteiger partial charge in [0.25, 0.3) is 0 Å². The van der Waals surface area contributed by atoms with Crippen molar-refractivity contribution in [3.8, 4) is 17.4 Å². The summed E-state index contributed by atoms with van der Waals surface area (Å²) in [5, 5.41) is 5.47. The van der Waals surface area contributed by atoms with Gasteiger partial charge in [0.05, 0.1) is 12.9 Å². The van der Waals surface area contributed by atoms with Gasteiger partial charge in [-0.3, -0.25) is 0 Å². The molecule has 192 valence electrons. The number of sulfone groups is 1. The van der Waals surface area contributed by atoms with E-state index in [-0.39, 0.29) is 11.7 Å². The van der Waals surface area contributed by atoms with Crippen LogP contribution >= 0.6 is 0 Å². The normalized spacial score (nSPS) is 14.1. The Hall–Kier alpha value is -3.79. The van der Waals surface area contributed by atoms with Crippen LogP contribution in [0.4, 0.5) is 17.3 Å². The first-order chi connectivity index (χ1) is 17.7. The highest BCUT2D eigenvalue weighted by molar-refractivity contribution is 7.90. The number of ether oxygens (including phenoxy) is 1. The van der Waals surface area contributed by atoms with Crippen molar-refractivity contribution >= 4 is 37.9 Å². The van der Waals surface area contributed by atoms with Gasteiger partial charge >= 0.3 is 0 Å². The topological polar surface area (TPSA) is 110 Å². The highest BCUT2D eigenvalue weighted by Gasteiger charge is 2.31. The fourth-order valence-electron chi connectivity index (χ4n) is 4.73. The number of fused-ring (bicyclic) bond motifs is 1. The van der Waals surface area contributed by atoms with Crippen LogP contribution in [0.2, 0.25) is 0 Å². The largest absolute Gasteiger partial charge is 0.481 e. The van der Waals surface area contributed by atoms with Gasteiger partial charge in [0.15, 0.2) is 5.82 Å². The summed E-state index contributed by atoms with van der Waals surface area (Å²) in [7, 11) is -1.41. The van der Waals surface area contributed by atoms with Crippen LogP contribution in [-0.2, 0) is 9.84 Å².